The minimum atomic E-state index is -0.433. The van der Waals surface area contributed by atoms with Crippen molar-refractivity contribution in [3.63, 3.8) is 0 Å². The topological polar surface area (TPSA) is 62.6 Å². The van der Waals surface area contributed by atoms with Crippen LogP contribution in [0.25, 0.3) is 0 Å². The van der Waals surface area contributed by atoms with Gasteiger partial charge in [0.1, 0.15) is 11.6 Å². The second kappa shape index (κ2) is 7.63. The molecule has 0 aromatic heterocycles. The van der Waals surface area contributed by atoms with Crippen molar-refractivity contribution in [1.82, 2.24) is 4.90 Å². The van der Waals surface area contributed by atoms with E-state index < -0.39 is 5.60 Å². The van der Waals surface area contributed by atoms with E-state index in [1.54, 1.807) is 0 Å². The third kappa shape index (κ3) is 4.92. The van der Waals surface area contributed by atoms with Gasteiger partial charge in [-0.1, -0.05) is 0 Å². The van der Waals surface area contributed by atoms with Crippen LogP contribution in [0.4, 0.5) is 0 Å². The molecule has 2 fully saturated rings. The number of hydrogen-bond donors (Lipinski definition) is 0. The Balaban J connectivity index is 1.86. The molecule has 0 N–H and O–H groups in total. The molecule has 2 aliphatic heterocycles. The SMILES string of the molecule is CC(C)(C)OC(=O)CCCN1CCCC2(CCCCO2)C1C#N. The predicted octanol–water partition coefficient (Wildman–Crippen LogP) is 3.04. The molecule has 0 bridgehead atoms. The van der Waals surface area contributed by atoms with Gasteiger partial charge in [-0.05, 0) is 65.8 Å². The third-order valence-electron chi connectivity index (χ3n) is 4.66. The van der Waals surface area contributed by atoms with Crippen LogP contribution < -0.4 is 0 Å². The summed E-state index contributed by atoms with van der Waals surface area (Å²) in [7, 11) is 0. The number of hydrogen-bond acceptors (Lipinski definition) is 5. The maximum atomic E-state index is 11.8. The minimum Gasteiger partial charge on any atom is -0.460 e. The first kappa shape index (κ1) is 18.2. The molecule has 0 saturated carbocycles. The number of esters is 1. The normalized spacial score (nSPS) is 29.2. The number of likely N-dealkylation sites (tertiary alicyclic amines) is 1. The Labute approximate surface area is 139 Å². The van der Waals surface area contributed by atoms with E-state index in [9.17, 15) is 10.1 Å². The van der Waals surface area contributed by atoms with Crippen molar-refractivity contribution in [1.29, 1.82) is 5.26 Å². The van der Waals surface area contributed by atoms with Crippen LogP contribution in [0, 0.1) is 11.3 Å². The summed E-state index contributed by atoms with van der Waals surface area (Å²) in [6.45, 7) is 8.08. The second-order valence-corrected chi connectivity index (χ2v) is 7.73. The molecule has 2 saturated heterocycles. The maximum absolute atomic E-state index is 11.8. The lowest BCUT2D eigenvalue weighted by Gasteiger charge is -2.48. The molecule has 2 atom stereocenters. The molecule has 2 aliphatic rings. The van der Waals surface area contributed by atoms with Crippen LogP contribution in [0.5, 0.6) is 0 Å². The molecule has 0 radical (unpaired) electrons. The van der Waals surface area contributed by atoms with Gasteiger partial charge in [0.05, 0.1) is 11.7 Å². The van der Waals surface area contributed by atoms with Crippen molar-refractivity contribution >= 4 is 5.97 Å². The van der Waals surface area contributed by atoms with Gasteiger partial charge in [0.15, 0.2) is 0 Å². The van der Waals surface area contributed by atoms with Gasteiger partial charge in [-0.3, -0.25) is 9.69 Å². The average molecular weight is 322 g/mol. The lowest BCUT2D eigenvalue weighted by atomic mass is 9.79. The molecule has 2 rings (SSSR count). The highest BCUT2D eigenvalue weighted by Gasteiger charge is 2.46. The van der Waals surface area contributed by atoms with E-state index in [-0.39, 0.29) is 17.6 Å². The summed E-state index contributed by atoms with van der Waals surface area (Å²) in [4.78, 5) is 14.0. The molecule has 130 valence electrons. The van der Waals surface area contributed by atoms with E-state index in [0.29, 0.717) is 6.42 Å². The van der Waals surface area contributed by atoms with Crippen LogP contribution in [0.2, 0.25) is 0 Å². The lowest BCUT2D eigenvalue weighted by Crippen LogP contribution is -2.58. The van der Waals surface area contributed by atoms with E-state index in [1.807, 2.05) is 20.8 Å². The fraction of sp³-hybridized carbons (Fsp3) is 0.889. The Hall–Kier alpha value is -1.12. The molecule has 2 heterocycles. The first-order valence-electron chi connectivity index (χ1n) is 8.86. The summed E-state index contributed by atoms with van der Waals surface area (Å²) in [6.07, 6.45) is 6.39. The monoisotopic (exact) mass is 322 g/mol. The fourth-order valence-corrected chi connectivity index (χ4v) is 3.73. The zero-order valence-corrected chi connectivity index (χ0v) is 14.8. The molecule has 0 amide bonds. The van der Waals surface area contributed by atoms with Gasteiger partial charge >= 0.3 is 5.97 Å². The molecule has 5 heteroatoms. The Morgan fingerprint density at radius 1 is 1.35 bits per heavy atom. The van der Waals surface area contributed by atoms with Gasteiger partial charge in [-0.25, -0.2) is 0 Å². The van der Waals surface area contributed by atoms with Crippen molar-refractivity contribution in [2.24, 2.45) is 0 Å². The largest absolute Gasteiger partial charge is 0.460 e. The smallest absolute Gasteiger partial charge is 0.306 e. The minimum absolute atomic E-state index is 0.161. The van der Waals surface area contributed by atoms with Gasteiger partial charge in [-0.2, -0.15) is 5.26 Å². The highest BCUT2D eigenvalue weighted by Crippen LogP contribution is 2.38. The predicted molar refractivity (Wildman–Crippen MR) is 87.8 cm³/mol. The number of ether oxygens (including phenoxy) is 2. The Morgan fingerprint density at radius 3 is 2.70 bits per heavy atom. The molecule has 23 heavy (non-hydrogen) atoms. The van der Waals surface area contributed by atoms with E-state index >= 15 is 0 Å². The zero-order valence-electron chi connectivity index (χ0n) is 14.8. The number of nitriles is 1. The van der Waals surface area contributed by atoms with E-state index in [1.165, 1.54) is 0 Å². The Morgan fingerprint density at radius 2 is 2.09 bits per heavy atom. The van der Waals surface area contributed by atoms with Crippen LogP contribution in [-0.2, 0) is 14.3 Å². The summed E-state index contributed by atoms with van der Waals surface area (Å²) < 4.78 is 11.4. The van der Waals surface area contributed by atoms with Gasteiger partial charge in [0.25, 0.3) is 0 Å². The molecular formula is C18H30N2O3. The first-order valence-corrected chi connectivity index (χ1v) is 8.86. The highest BCUT2D eigenvalue weighted by molar-refractivity contribution is 5.69. The van der Waals surface area contributed by atoms with Crippen LogP contribution in [0.1, 0.15) is 65.7 Å². The number of rotatable bonds is 4. The van der Waals surface area contributed by atoms with E-state index in [4.69, 9.17) is 9.47 Å². The second-order valence-electron chi connectivity index (χ2n) is 7.73. The van der Waals surface area contributed by atoms with Gasteiger partial charge < -0.3 is 9.47 Å². The maximum Gasteiger partial charge on any atom is 0.306 e. The number of piperidine rings is 1. The van der Waals surface area contributed by atoms with E-state index in [0.717, 1.165) is 58.2 Å². The molecule has 0 aromatic rings. The molecular weight excluding hydrogens is 292 g/mol. The summed E-state index contributed by atoms with van der Waals surface area (Å²) >= 11 is 0. The zero-order chi connectivity index (χ0) is 16.9. The summed E-state index contributed by atoms with van der Waals surface area (Å²) in [5.74, 6) is -0.161. The molecule has 1 spiro atoms. The van der Waals surface area contributed by atoms with Gasteiger partial charge in [0.2, 0.25) is 0 Å². The summed E-state index contributed by atoms with van der Waals surface area (Å²) in [6, 6.07) is 2.29. The number of carbonyl (C=O) groups is 1. The van der Waals surface area contributed by atoms with Crippen molar-refractivity contribution in [2.75, 3.05) is 19.7 Å². The van der Waals surface area contributed by atoms with Gasteiger partial charge in [0, 0.05) is 19.6 Å². The molecule has 2 unspecified atom stereocenters. The molecule has 0 aromatic carbocycles. The van der Waals surface area contributed by atoms with Crippen LogP contribution in [-0.4, -0.2) is 47.8 Å². The fourth-order valence-electron chi connectivity index (χ4n) is 3.73. The highest BCUT2D eigenvalue weighted by atomic mass is 16.6. The Kier molecular flexibility index (Phi) is 6.05. The summed E-state index contributed by atoms with van der Waals surface area (Å²) in [5.41, 5.74) is -0.714. The van der Waals surface area contributed by atoms with Crippen molar-refractivity contribution in [2.45, 2.75) is 83.0 Å². The average Bonchev–Trinajstić information content (AvgIpc) is 2.46. The van der Waals surface area contributed by atoms with Crippen molar-refractivity contribution in [3.8, 4) is 6.07 Å². The first-order chi connectivity index (χ1) is 10.9. The van der Waals surface area contributed by atoms with Crippen molar-refractivity contribution in [3.05, 3.63) is 0 Å². The standard InChI is InChI=1S/C18H30N2O3/c1-17(2,3)23-16(21)8-6-11-20-12-7-10-18(15(20)14-19)9-4-5-13-22-18/h15H,4-13H2,1-3H3. The number of nitrogens with zero attached hydrogens (tertiary/aromatic N) is 2. The van der Waals surface area contributed by atoms with Crippen LogP contribution >= 0.6 is 0 Å². The molecule has 0 aliphatic carbocycles. The van der Waals surface area contributed by atoms with Crippen LogP contribution in [0.3, 0.4) is 0 Å². The van der Waals surface area contributed by atoms with Crippen molar-refractivity contribution < 1.29 is 14.3 Å². The lowest BCUT2D eigenvalue weighted by molar-refractivity contribution is -0.155. The van der Waals surface area contributed by atoms with E-state index in [2.05, 4.69) is 11.0 Å². The quantitative estimate of drug-likeness (QED) is 0.744. The summed E-state index contributed by atoms with van der Waals surface area (Å²) in [5, 5.41) is 9.68. The molecule has 5 nitrogen and oxygen atoms in total. The van der Waals surface area contributed by atoms with Crippen LogP contribution in [0.15, 0.2) is 0 Å². The Bertz CT molecular complexity index is 439. The number of carbonyl (C=O) groups excluding carboxylic acids is 1. The van der Waals surface area contributed by atoms with Gasteiger partial charge in [-0.15, -0.1) is 0 Å². The third-order valence-corrected chi connectivity index (χ3v) is 4.66.